The third-order valence-corrected chi connectivity index (χ3v) is 3.46. The Bertz CT molecular complexity index is 571. The van der Waals surface area contributed by atoms with E-state index in [1.54, 1.807) is 0 Å². The molecule has 0 bridgehead atoms. The van der Waals surface area contributed by atoms with Crippen molar-refractivity contribution >= 4 is 11.8 Å². The van der Waals surface area contributed by atoms with Crippen LogP contribution in [0.25, 0.3) is 0 Å². The Morgan fingerprint density at radius 1 is 0.923 bits per heavy atom. The lowest BCUT2D eigenvalue weighted by atomic mass is 10.1. The van der Waals surface area contributed by atoms with Crippen LogP contribution < -0.4 is 10.6 Å². The molecule has 5 heteroatoms. The summed E-state index contributed by atoms with van der Waals surface area (Å²) in [5.41, 5.74) is 0.499. The second-order valence-electron chi connectivity index (χ2n) is 8.76. The zero-order valence-corrected chi connectivity index (χ0v) is 17.0. The lowest BCUT2D eigenvalue weighted by molar-refractivity contribution is -0.128. The molecule has 0 saturated carbocycles. The van der Waals surface area contributed by atoms with Crippen LogP contribution in [0.4, 0.5) is 0 Å². The third kappa shape index (κ3) is 10.9. The molecule has 0 aliphatic carbocycles. The molecule has 5 nitrogen and oxygen atoms in total. The van der Waals surface area contributed by atoms with Gasteiger partial charge in [-0.15, -0.1) is 0 Å². The van der Waals surface area contributed by atoms with E-state index in [-0.39, 0.29) is 35.4 Å². The van der Waals surface area contributed by atoms with Gasteiger partial charge in [0, 0.05) is 17.5 Å². The Balaban J connectivity index is 2.62. The van der Waals surface area contributed by atoms with Gasteiger partial charge in [0.15, 0.2) is 0 Å². The van der Waals surface area contributed by atoms with E-state index in [1.807, 2.05) is 71.9 Å². The van der Waals surface area contributed by atoms with Gasteiger partial charge in [-0.1, -0.05) is 30.3 Å². The first-order chi connectivity index (χ1) is 11.9. The van der Waals surface area contributed by atoms with Crippen molar-refractivity contribution in [2.75, 3.05) is 0 Å². The third-order valence-electron chi connectivity index (χ3n) is 3.46. The molecule has 1 rings (SSSR count). The molecule has 1 aromatic rings. The van der Waals surface area contributed by atoms with Crippen LogP contribution >= 0.6 is 0 Å². The van der Waals surface area contributed by atoms with Gasteiger partial charge in [-0.05, 0) is 53.5 Å². The van der Waals surface area contributed by atoms with Crippen LogP contribution in [0.3, 0.4) is 0 Å². The molecule has 26 heavy (non-hydrogen) atoms. The van der Waals surface area contributed by atoms with Gasteiger partial charge >= 0.3 is 0 Å². The Kier molecular flexibility index (Phi) is 8.28. The number of hydrogen-bond donors (Lipinski definition) is 2. The fourth-order valence-corrected chi connectivity index (χ4v) is 2.48. The molecule has 0 aliphatic heterocycles. The van der Waals surface area contributed by atoms with Crippen molar-refractivity contribution in [3.63, 3.8) is 0 Å². The van der Waals surface area contributed by atoms with Crippen LogP contribution in [-0.2, 0) is 20.9 Å². The first kappa shape index (κ1) is 22.2. The van der Waals surface area contributed by atoms with Crippen LogP contribution in [0.15, 0.2) is 30.3 Å². The van der Waals surface area contributed by atoms with Gasteiger partial charge in [0.2, 0.25) is 11.8 Å². The fourth-order valence-electron chi connectivity index (χ4n) is 2.48. The van der Waals surface area contributed by atoms with Gasteiger partial charge in [-0.2, -0.15) is 0 Å². The molecular weight excluding hydrogens is 328 g/mol. The fraction of sp³-hybridized carbons (Fsp3) is 0.619. The summed E-state index contributed by atoms with van der Waals surface area (Å²) in [5, 5.41) is 5.90. The number of benzene rings is 1. The van der Waals surface area contributed by atoms with E-state index in [1.165, 1.54) is 0 Å². The molecule has 2 amide bonds. The Hall–Kier alpha value is -1.88. The summed E-state index contributed by atoms with van der Waals surface area (Å²) in [7, 11) is 0. The second-order valence-corrected chi connectivity index (χ2v) is 8.76. The summed E-state index contributed by atoms with van der Waals surface area (Å²) < 4.78 is 5.95. The number of rotatable bonds is 8. The summed E-state index contributed by atoms with van der Waals surface area (Å²) in [6.45, 7) is 12.1. The standard InChI is InChI=1S/C21H34N2O3/c1-20(2,3)22-18(24)13-12-17(14-19(25)23-21(4,5)6)26-15-16-10-8-7-9-11-16/h7-11,17H,12-15H2,1-6H3,(H,22,24)(H,23,25)/t17-/m0/s1. The van der Waals surface area contributed by atoms with Crippen molar-refractivity contribution in [3.8, 4) is 0 Å². The molecular formula is C21H34N2O3. The molecule has 0 unspecified atom stereocenters. The summed E-state index contributed by atoms with van der Waals surface area (Å²) in [5.74, 6) is -0.0890. The van der Waals surface area contributed by atoms with Crippen molar-refractivity contribution in [2.45, 2.75) is 84.6 Å². The minimum absolute atomic E-state index is 0.0259. The first-order valence-corrected chi connectivity index (χ1v) is 9.22. The molecule has 0 fully saturated rings. The Morgan fingerprint density at radius 3 is 2.00 bits per heavy atom. The molecule has 0 spiro atoms. The van der Waals surface area contributed by atoms with Gasteiger partial charge in [0.25, 0.3) is 0 Å². The zero-order valence-electron chi connectivity index (χ0n) is 17.0. The van der Waals surface area contributed by atoms with Crippen molar-refractivity contribution in [2.24, 2.45) is 0 Å². The van der Waals surface area contributed by atoms with Crippen LogP contribution in [0.5, 0.6) is 0 Å². The summed E-state index contributed by atoms with van der Waals surface area (Å²) >= 11 is 0. The maximum Gasteiger partial charge on any atom is 0.223 e. The molecule has 0 saturated heterocycles. The van der Waals surface area contributed by atoms with E-state index in [2.05, 4.69) is 10.6 Å². The topological polar surface area (TPSA) is 67.4 Å². The molecule has 0 aromatic heterocycles. The SMILES string of the molecule is CC(C)(C)NC(=O)CC[C@@H](CC(=O)NC(C)(C)C)OCc1ccccc1. The van der Waals surface area contributed by atoms with Crippen molar-refractivity contribution < 1.29 is 14.3 Å². The van der Waals surface area contributed by atoms with Gasteiger partial charge in [0.1, 0.15) is 0 Å². The molecule has 146 valence electrons. The van der Waals surface area contributed by atoms with E-state index < -0.39 is 0 Å². The quantitative estimate of drug-likeness (QED) is 0.743. The molecule has 1 aromatic carbocycles. The van der Waals surface area contributed by atoms with Crippen LogP contribution in [0, 0.1) is 0 Å². The van der Waals surface area contributed by atoms with Gasteiger partial charge in [-0.25, -0.2) is 0 Å². The number of hydrogen-bond acceptors (Lipinski definition) is 3. The predicted molar refractivity (Wildman–Crippen MR) is 105 cm³/mol. The van der Waals surface area contributed by atoms with Crippen molar-refractivity contribution in [1.29, 1.82) is 0 Å². The monoisotopic (exact) mass is 362 g/mol. The largest absolute Gasteiger partial charge is 0.373 e. The minimum Gasteiger partial charge on any atom is -0.373 e. The average molecular weight is 363 g/mol. The normalized spacial score (nSPS) is 13.2. The lowest BCUT2D eigenvalue weighted by Gasteiger charge is -2.24. The highest BCUT2D eigenvalue weighted by molar-refractivity contribution is 5.78. The highest BCUT2D eigenvalue weighted by Gasteiger charge is 2.21. The van der Waals surface area contributed by atoms with Crippen LogP contribution in [0.2, 0.25) is 0 Å². The number of nitrogens with one attached hydrogen (secondary N) is 2. The van der Waals surface area contributed by atoms with Gasteiger partial charge < -0.3 is 15.4 Å². The highest BCUT2D eigenvalue weighted by Crippen LogP contribution is 2.13. The van der Waals surface area contributed by atoms with E-state index in [9.17, 15) is 9.59 Å². The highest BCUT2D eigenvalue weighted by atomic mass is 16.5. The van der Waals surface area contributed by atoms with Crippen molar-refractivity contribution in [3.05, 3.63) is 35.9 Å². The van der Waals surface area contributed by atoms with Gasteiger partial charge in [-0.3, -0.25) is 9.59 Å². The van der Waals surface area contributed by atoms with E-state index >= 15 is 0 Å². The Morgan fingerprint density at radius 2 is 1.46 bits per heavy atom. The minimum atomic E-state index is -0.303. The van der Waals surface area contributed by atoms with E-state index in [4.69, 9.17) is 4.74 Å². The van der Waals surface area contributed by atoms with Crippen molar-refractivity contribution in [1.82, 2.24) is 10.6 Å². The molecule has 2 N–H and O–H groups in total. The van der Waals surface area contributed by atoms with Gasteiger partial charge in [0.05, 0.1) is 19.1 Å². The predicted octanol–water partition coefficient (Wildman–Crippen LogP) is 3.57. The average Bonchev–Trinajstić information content (AvgIpc) is 2.47. The summed E-state index contributed by atoms with van der Waals surface area (Å²) in [6.07, 6.45) is 0.780. The number of ether oxygens (including phenoxy) is 1. The van der Waals surface area contributed by atoms with E-state index in [0.29, 0.717) is 19.4 Å². The van der Waals surface area contributed by atoms with Crippen LogP contribution in [-0.4, -0.2) is 29.0 Å². The van der Waals surface area contributed by atoms with Crippen LogP contribution in [0.1, 0.15) is 66.4 Å². The van der Waals surface area contributed by atoms with E-state index in [0.717, 1.165) is 5.56 Å². The second kappa shape index (κ2) is 9.72. The smallest absolute Gasteiger partial charge is 0.223 e. The molecule has 0 heterocycles. The lowest BCUT2D eigenvalue weighted by Crippen LogP contribution is -2.43. The number of amides is 2. The Labute approximate surface area is 157 Å². The molecule has 1 atom stereocenters. The number of carbonyl (C=O) groups excluding carboxylic acids is 2. The summed E-state index contributed by atoms with van der Waals surface area (Å²) in [4.78, 5) is 24.3. The zero-order chi connectivity index (χ0) is 19.8. The molecule has 0 aliphatic rings. The molecule has 0 radical (unpaired) electrons. The number of carbonyl (C=O) groups is 2. The first-order valence-electron chi connectivity index (χ1n) is 9.22. The summed E-state index contributed by atoms with van der Waals surface area (Å²) in [6, 6.07) is 9.83. The maximum atomic E-state index is 12.3. The maximum absolute atomic E-state index is 12.3.